The summed E-state index contributed by atoms with van der Waals surface area (Å²) in [6.07, 6.45) is -2.85. The quantitative estimate of drug-likeness (QED) is 0.636. The Kier molecular flexibility index (Phi) is 3.37. The lowest BCUT2D eigenvalue weighted by molar-refractivity contribution is -0.140. The Balaban J connectivity index is 2.11. The summed E-state index contributed by atoms with van der Waals surface area (Å²) in [5.41, 5.74) is -0.830. The Hall–Kier alpha value is -2.18. The predicted molar refractivity (Wildman–Crippen MR) is 58.0 cm³/mol. The van der Waals surface area contributed by atoms with Gasteiger partial charge in [-0.3, -0.25) is 4.79 Å². The van der Waals surface area contributed by atoms with Gasteiger partial charge in [0.2, 0.25) is 0 Å². The molecule has 2 aromatic rings. The van der Waals surface area contributed by atoms with Gasteiger partial charge in [-0.25, -0.2) is 9.37 Å². The molecule has 0 aliphatic heterocycles. The lowest BCUT2D eigenvalue weighted by Gasteiger charge is -2.02. The van der Waals surface area contributed by atoms with Gasteiger partial charge in [-0.05, 0) is 24.3 Å². The van der Waals surface area contributed by atoms with Crippen molar-refractivity contribution < 1.29 is 22.4 Å². The van der Waals surface area contributed by atoms with Crippen LogP contribution in [0.25, 0.3) is 0 Å². The Bertz CT molecular complexity index is 587. The maximum absolute atomic E-state index is 12.7. The molecule has 2 rings (SSSR count). The molecule has 1 aromatic carbocycles. The molecule has 0 aliphatic rings. The summed E-state index contributed by atoms with van der Waals surface area (Å²) < 4.78 is 50.6. The van der Waals surface area contributed by atoms with Gasteiger partial charge < -0.3 is 4.57 Å². The highest BCUT2D eigenvalue weighted by molar-refractivity contribution is 5.95. The van der Waals surface area contributed by atoms with Crippen molar-refractivity contribution in [3.8, 4) is 0 Å². The second-order valence-corrected chi connectivity index (χ2v) is 3.86. The average molecular weight is 272 g/mol. The first-order valence-electron chi connectivity index (χ1n) is 5.24. The SMILES string of the molecule is O=C(Cn1cnc(C(F)(F)F)c1)c1ccc(F)cc1. The van der Waals surface area contributed by atoms with Crippen LogP contribution in [-0.2, 0) is 12.7 Å². The number of hydrogen-bond donors (Lipinski definition) is 0. The summed E-state index contributed by atoms with van der Waals surface area (Å²) in [5.74, 6) is -0.912. The summed E-state index contributed by atoms with van der Waals surface area (Å²) in [7, 11) is 0. The molecule has 0 aliphatic carbocycles. The van der Waals surface area contributed by atoms with Crippen molar-refractivity contribution in [3.63, 3.8) is 0 Å². The molecule has 1 heterocycles. The molecule has 7 heteroatoms. The number of benzene rings is 1. The highest BCUT2D eigenvalue weighted by atomic mass is 19.4. The fraction of sp³-hybridized carbons (Fsp3) is 0.167. The number of aromatic nitrogens is 2. The van der Waals surface area contributed by atoms with Crippen molar-refractivity contribution in [2.45, 2.75) is 12.7 Å². The number of carbonyl (C=O) groups is 1. The summed E-state index contributed by atoms with van der Waals surface area (Å²) in [4.78, 5) is 14.9. The largest absolute Gasteiger partial charge is 0.434 e. The number of hydrogen-bond acceptors (Lipinski definition) is 2. The molecule has 19 heavy (non-hydrogen) atoms. The summed E-state index contributed by atoms with van der Waals surface area (Å²) >= 11 is 0. The average Bonchev–Trinajstić information content (AvgIpc) is 2.78. The number of rotatable bonds is 3. The monoisotopic (exact) mass is 272 g/mol. The normalized spacial score (nSPS) is 11.6. The highest BCUT2D eigenvalue weighted by Crippen LogP contribution is 2.27. The van der Waals surface area contributed by atoms with Gasteiger partial charge >= 0.3 is 6.18 Å². The molecule has 0 atom stereocenters. The second kappa shape index (κ2) is 4.83. The van der Waals surface area contributed by atoms with E-state index in [4.69, 9.17) is 0 Å². The third kappa shape index (κ3) is 3.18. The van der Waals surface area contributed by atoms with E-state index in [0.717, 1.165) is 29.2 Å². The van der Waals surface area contributed by atoms with Gasteiger partial charge in [0.25, 0.3) is 0 Å². The number of carbonyl (C=O) groups excluding carboxylic acids is 1. The fourth-order valence-electron chi connectivity index (χ4n) is 1.49. The van der Waals surface area contributed by atoms with Crippen molar-refractivity contribution in [3.05, 3.63) is 53.9 Å². The van der Waals surface area contributed by atoms with Gasteiger partial charge in [0.15, 0.2) is 11.5 Å². The number of Topliss-reactive ketones (excluding diaryl/α,β-unsaturated/α-hetero) is 1. The van der Waals surface area contributed by atoms with Gasteiger partial charge in [-0.15, -0.1) is 0 Å². The molecule has 0 N–H and O–H groups in total. The molecule has 3 nitrogen and oxygen atoms in total. The van der Waals surface area contributed by atoms with E-state index in [1.165, 1.54) is 12.1 Å². The lowest BCUT2D eigenvalue weighted by Crippen LogP contribution is -2.09. The standard InChI is InChI=1S/C12H8F4N2O/c13-9-3-1-8(2-4-9)10(19)5-18-6-11(17-7-18)12(14,15)16/h1-4,6-7H,5H2. The van der Waals surface area contributed by atoms with Gasteiger partial charge in [0.1, 0.15) is 5.82 Å². The minimum absolute atomic E-state index is 0.226. The molecule has 1 aromatic heterocycles. The third-order valence-corrected chi connectivity index (χ3v) is 2.42. The number of imidazole rings is 1. The maximum atomic E-state index is 12.7. The summed E-state index contributed by atoms with van der Waals surface area (Å²) in [5, 5.41) is 0. The minimum atomic E-state index is -4.54. The minimum Gasteiger partial charge on any atom is -0.329 e. The molecular formula is C12H8F4N2O. The van der Waals surface area contributed by atoms with Crippen LogP contribution in [0.3, 0.4) is 0 Å². The first kappa shape index (κ1) is 13.3. The molecule has 0 bridgehead atoms. The molecule has 0 unspecified atom stereocenters. The predicted octanol–water partition coefficient (Wildman–Crippen LogP) is 2.92. The molecule has 0 fully saturated rings. The summed E-state index contributed by atoms with van der Waals surface area (Å²) in [6, 6.07) is 4.78. The van der Waals surface area contributed by atoms with Crippen molar-refractivity contribution in [1.29, 1.82) is 0 Å². The van der Waals surface area contributed by atoms with E-state index in [0.29, 0.717) is 0 Å². The first-order valence-corrected chi connectivity index (χ1v) is 5.24. The van der Waals surface area contributed by atoms with Crippen molar-refractivity contribution in [2.75, 3.05) is 0 Å². The van der Waals surface area contributed by atoms with Crippen LogP contribution in [0.4, 0.5) is 17.6 Å². The Morgan fingerprint density at radius 1 is 1.21 bits per heavy atom. The Morgan fingerprint density at radius 2 is 1.84 bits per heavy atom. The van der Waals surface area contributed by atoms with Crippen molar-refractivity contribution in [2.24, 2.45) is 0 Å². The maximum Gasteiger partial charge on any atom is 0.434 e. The topological polar surface area (TPSA) is 34.9 Å². The van der Waals surface area contributed by atoms with E-state index >= 15 is 0 Å². The lowest BCUT2D eigenvalue weighted by atomic mass is 10.1. The molecule has 0 saturated carbocycles. The van der Waals surface area contributed by atoms with E-state index in [9.17, 15) is 22.4 Å². The van der Waals surface area contributed by atoms with E-state index in [2.05, 4.69) is 4.98 Å². The molecule has 0 amide bonds. The zero-order valence-electron chi connectivity index (χ0n) is 9.49. The van der Waals surface area contributed by atoms with Crippen LogP contribution in [0.1, 0.15) is 16.1 Å². The molecule has 0 saturated heterocycles. The third-order valence-electron chi connectivity index (χ3n) is 2.42. The van der Waals surface area contributed by atoms with Crippen LogP contribution in [0.5, 0.6) is 0 Å². The van der Waals surface area contributed by atoms with E-state index in [1.807, 2.05) is 0 Å². The van der Waals surface area contributed by atoms with Crippen LogP contribution in [0.2, 0.25) is 0 Å². The van der Waals surface area contributed by atoms with Crippen molar-refractivity contribution in [1.82, 2.24) is 9.55 Å². The molecule has 0 radical (unpaired) electrons. The van der Waals surface area contributed by atoms with Crippen LogP contribution < -0.4 is 0 Å². The van der Waals surface area contributed by atoms with Gasteiger partial charge in [-0.2, -0.15) is 13.2 Å². The smallest absolute Gasteiger partial charge is 0.329 e. The Morgan fingerprint density at radius 3 is 2.37 bits per heavy atom. The van der Waals surface area contributed by atoms with Gasteiger partial charge in [0.05, 0.1) is 12.9 Å². The molecule has 0 spiro atoms. The first-order chi connectivity index (χ1) is 8.86. The molecular weight excluding hydrogens is 264 g/mol. The van der Waals surface area contributed by atoms with Gasteiger partial charge in [0, 0.05) is 11.8 Å². The second-order valence-electron chi connectivity index (χ2n) is 3.86. The van der Waals surface area contributed by atoms with Gasteiger partial charge in [-0.1, -0.05) is 0 Å². The van der Waals surface area contributed by atoms with Crippen LogP contribution in [0.15, 0.2) is 36.8 Å². The van der Waals surface area contributed by atoms with Crippen LogP contribution in [0, 0.1) is 5.82 Å². The zero-order chi connectivity index (χ0) is 14.0. The van der Waals surface area contributed by atoms with E-state index in [1.54, 1.807) is 0 Å². The number of nitrogens with zero attached hydrogens (tertiary/aromatic N) is 2. The summed E-state index contributed by atoms with van der Waals surface area (Å²) in [6.45, 7) is -0.283. The fourth-order valence-corrected chi connectivity index (χ4v) is 1.49. The van der Waals surface area contributed by atoms with Crippen LogP contribution in [-0.4, -0.2) is 15.3 Å². The molecule has 100 valence electrons. The van der Waals surface area contributed by atoms with Crippen LogP contribution >= 0.6 is 0 Å². The zero-order valence-corrected chi connectivity index (χ0v) is 9.49. The number of ketones is 1. The Labute approximate surface area is 105 Å². The highest BCUT2D eigenvalue weighted by Gasteiger charge is 2.33. The van der Waals surface area contributed by atoms with E-state index in [-0.39, 0.29) is 12.1 Å². The number of halogens is 4. The van der Waals surface area contributed by atoms with Crippen molar-refractivity contribution >= 4 is 5.78 Å². The number of alkyl halides is 3. The van der Waals surface area contributed by atoms with E-state index < -0.39 is 23.5 Å².